The van der Waals surface area contributed by atoms with Crippen molar-refractivity contribution in [1.29, 1.82) is 0 Å². The van der Waals surface area contributed by atoms with E-state index >= 15 is 0 Å². The third-order valence-corrected chi connectivity index (χ3v) is 4.07. The highest BCUT2D eigenvalue weighted by atomic mass is 16.2. The van der Waals surface area contributed by atoms with Crippen LogP contribution in [0, 0.1) is 0 Å². The van der Waals surface area contributed by atoms with Crippen molar-refractivity contribution < 1.29 is 4.79 Å². The van der Waals surface area contributed by atoms with Crippen molar-refractivity contribution in [3.63, 3.8) is 0 Å². The van der Waals surface area contributed by atoms with Gasteiger partial charge in [-0.2, -0.15) is 5.10 Å². The van der Waals surface area contributed by atoms with Crippen molar-refractivity contribution in [1.82, 2.24) is 14.8 Å². The van der Waals surface area contributed by atoms with Crippen LogP contribution in [0.15, 0.2) is 24.5 Å². The van der Waals surface area contributed by atoms with Crippen molar-refractivity contribution in [2.45, 2.75) is 32.1 Å². The number of nitrogens with zero attached hydrogens (tertiary/aromatic N) is 4. The average Bonchev–Trinajstić information content (AvgIpc) is 2.87. The van der Waals surface area contributed by atoms with Crippen LogP contribution in [0.1, 0.15) is 31.4 Å². The Bertz CT molecular complexity index is 662. The maximum atomic E-state index is 12.3. The third-order valence-electron chi connectivity index (χ3n) is 4.07. The van der Waals surface area contributed by atoms with Crippen LogP contribution in [0.3, 0.4) is 0 Å². The standard InChI is InChI=1S/C16H20N4O/c1-19-14-11-18-20(2)16(14)12-8-9-17-13(10-12)6-4-3-5-7-15(19)21/h8-11H,3-7H2,1-2H3. The number of rotatable bonds is 0. The molecule has 5 nitrogen and oxygen atoms in total. The predicted molar refractivity (Wildman–Crippen MR) is 82.0 cm³/mol. The van der Waals surface area contributed by atoms with E-state index in [0.29, 0.717) is 6.42 Å². The van der Waals surface area contributed by atoms with Gasteiger partial charge < -0.3 is 4.90 Å². The summed E-state index contributed by atoms with van der Waals surface area (Å²) in [5, 5.41) is 4.33. The van der Waals surface area contributed by atoms with Gasteiger partial charge in [-0.1, -0.05) is 6.42 Å². The molecule has 0 N–H and O–H groups in total. The zero-order valence-corrected chi connectivity index (χ0v) is 12.5. The Labute approximate surface area is 124 Å². The maximum Gasteiger partial charge on any atom is 0.226 e. The Balaban J connectivity index is 2.12. The molecule has 2 aromatic rings. The molecule has 21 heavy (non-hydrogen) atoms. The summed E-state index contributed by atoms with van der Waals surface area (Å²) < 4.78 is 1.82. The lowest BCUT2D eigenvalue weighted by Gasteiger charge is -2.19. The summed E-state index contributed by atoms with van der Waals surface area (Å²) in [6.45, 7) is 0. The van der Waals surface area contributed by atoms with Crippen LogP contribution < -0.4 is 4.90 Å². The second-order valence-corrected chi connectivity index (χ2v) is 5.55. The van der Waals surface area contributed by atoms with Gasteiger partial charge in [0.15, 0.2) is 0 Å². The lowest BCUT2D eigenvalue weighted by Crippen LogP contribution is -2.26. The van der Waals surface area contributed by atoms with Crippen molar-refractivity contribution in [3.8, 4) is 11.3 Å². The minimum absolute atomic E-state index is 0.152. The van der Waals surface area contributed by atoms with Gasteiger partial charge in [0.25, 0.3) is 0 Å². The van der Waals surface area contributed by atoms with E-state index in [9.17, 15) is 4.79 Å². The average molecular weight is 284 g/mol. The Hall–Kier alpha value is -2.17. The summed E-state index contributed by atoms with van der Waals surface area (Å²) in [6.07, 6.45) is 8.22. The third kappa shape index (κ3) is 2.68. The van der Waals surface area contributed by atoms with Gasteiger partial charge in [0.1, 0.15) is 0 Å². The first kappa shape index (κ1) is 13.8. The Morgan fingerprint density at radius 3 is 2.81 bits per heavy atom. The Morgan fingerprint density at radius 2 is 1.95 bits per heavy atom. The lowest BCUT2D eigenvalue weighted by atomic mass is 10.0. The first-order valence-electron chi connectivity index (χ1n) is 7.40. The summed E-state index contributed by atoms with van der Waals surface area (Å²) >= 11 is 0. The van der Waals surface area contributed by atoms with E-state index in [4.69, 9.17) is 0 Å². The topological polar surface area (TPSA) is 51.0 Å². The van der Waals surface area contributed by atoms with E-state index in [1.165, 1.54) is 0 Å². The summed E-state index contributed by atoms with van der Waals surface area (Å²) in [7, 11) is 3.74. The second-order valence-electron chi connectivity index (χ2n) is 5.55. The number of pyridine rings is 1. The molecule has 2 aromatic heterocycles. The van der Waals surface area contributed by atoms with Gasteiger partial charge in [-0.05, 0) is 31.4 Å². The molecule has 0 aliphatic carbocycles. The highest BCUT2D eigenvalue weighted by Gasteiger charge is 2.20. The molecule has 3 rings (SSSR count). The Morgan fingerprint density at radius 1 is 1.14 bits per heavy atom. The van der Waals surface area contributed by atoms with Crippen LogP contribution in [-0.2, 0) is 18.3 Å². The largest absolute Gasteiger partial charge is 0.312 e. The van der Waals surface area contributed by atoms with Gasteiger partial charge in [-0.25, -0.2) is 0 Å². The fourth-order valence-electron chi connectivity index (χ4n) is 2.83. The summed E-state index contributed by atoms with van der Waals surface area (Å²) in [5.74, 6) is 0.152. The fourth-order valence-corrected chi connectivity index (χ4v) is 2.83. The van der Waals surface area contributed by atoms with E-state index in [0.717, 1.165) is 48.3 Å². The number of aryl methyl sites for hydroxylation is 2. The molecule has 110 valence electrons. The zero-order chi connectivity index (χ0) is 14.8. The molecule has 0 radical (unpaired) electrons. The number of anilines is 1. The zero-order valence-electron chi connectivity index (χ0n) is 12.5. The highest BCUT2D eigenvalue weighted by molar-refractivity contribution is 5.96. The van der Waals surface area contributed by atoms with Gasteiger partial charge in [-0.15, -0.1) is 0 Å². The van der Waals surface area contributed by atoms with Crippen molar-refractivity contribution in [2.24, 2.45) is 7.05 Å². The van der Waals surface area contributed by atoms with E-state index in [1.807, 2.05) is 31.0 Å². The van der Waals surface area contributed by atoms with Crippen LogP contribution in [0.2, 0.25) is 0 Å². The van der Waals surface area contributed by atoms with Crippen molar-refractivity contribution >= 4 is 11.6 Å². The first-order chi connectivity index (χ1) is 10.2. The molecule has 2 bridgehead atoms. The summed E-state index contributed by atoms with van der Waals surface area (Å²) in [5.41, 5.74) is 4.00. The molecule has 5 heteroatoms. The van der Waals surface area contributed by atoms with E-state index in [-0.39, 0.29) is 5.91 Å². The van der Waals surface area contributed by atoms with Crippen LogP contribution in [0.5, 0.6) is 0 Å². The van der Waals surface area contributed by atoms with Gasteiger partial charge in [0.2, 0.25) is 5.91 Å². The molecule has 1 amide bonds. The maximum absolute atomic E-state index is 12.3. The number of carbonyl (C=O) groups excluding carboxylic acids is 1. The van der Waals surface area contributed by atoms with Crippen molar-refractivity contribution in [2.75, 3.05) is 11.9 Å². The first-order valence-corrected chi connectivity index (χ1v) is 7.40. The smallest absolute Gasteiger partial charge is 0.226 e. The molecule has 0 spiro atoms. The predicted octanol–water partition coefficient (Wildman–Crippen LogP) is 2.56. The molecular formula is C16H20N4O. The number of hydrogen-bond donors (Lipinski definition) is 0. The summed E-state index contributed by atoms with van der Waals surface area (Å²) in [6, 6.07) is 4.09. The fraction of sp³-hybridized carbons (Fsp3) is 0.438. The van der Waals surface area contributed by atoms with E-state index in [2.05, 4.69) is 16.1 Å². The molecule has 0 fully saturated rings. The number of carbonyl (C=O) groups is 1. The van der Waals surface area contributed by atoms with Gasteiger partial charge in [0.05, 0.1) is 17.6 Å². The second kappa shape index (κ2) is 5.68. The quantitative estimate of drug-likeness (QED) is 0.747. The van der Waals surface area contributed by atoms with Gasteiger partial charge >= 0.3 is 0 Å². The Kier molecular flexibility index (Phi) is 3.73. The van der Waals surface area contributed by atoms with Gasteiger partial charge in [-0.3, -0.25) is 14.5 Å². The normalized spacial score (nSPS) is 16.1. The molecule has 1 aliphatic rings. The highest BCUT2D eigenvalue weighted by Crippen LogP contribution is 2.31. The molecule has 0 unspecified atom stereocenters. The number of amides is 1. The minimum atomic E-state index is 0.152. The van der Waals surface area contributed by atoms with Crippen LogP contribution in [0.25, 0.3) is 11.3 Å². The SMILES string of the molecule is CN1C(=O)CCCCCc2cc(ccn2)-c2c1cnn2C. The van der Waals surface area contributed by atoms with E-state index in [1.54, 1.807) is 11.1 Å². The molecule has 0 saturated carbocycles. The molecule has 0 saturated heterocycles. The molecule has 3 heterocycles. The van der Waals surface area contributed by atoms with Crippen LogP contribution in [0.4, 0.5) is 5.69 Å². The van der Waals surface area contributed by atoms with E-state index < -0.39 is 0 Å². The summed E-state index contributed by atoms with van der Waals surface area (Å²) in [4.78, 5) is 18.5. The van der Waals surface area contributed by atoms with Crippen LogP contribution >= 0.6 is 0 Å². The lowest BCUT2D eigenvalue weighted by molar-refractivity contribution is -0.118. The van der Waals surface area contributed by atoms with Crippen LogP contribution in [-0.4, -0.2) is 27.7 Å². The molecule has 1 aliphatic heterocycles. The monoisotopic (exact) mass is 284 g/mol. The molecular weight excluding hydrogens is 264 g/mol. The number of aromatic nitrogens is 3. The van der Waals surface area contributed by atoms with Gasteiger partial charge in [0, 0.05) is 38.0 Å². The number of fused-ring (bicyclic) bond motifs is 4. The van der Waals surface area contributed by atoms with Crippen molar-refractivity contribution in [3.05, 3.63) is 30.2 Å². The molecule has 0 atom stereocenters. The molecule has 0 aromatic carbocycles. The minimum Gasteiger partial charge on any atom is -0.312 e. The number of hydrogen-bond acceptors (Lipinski definition) is 3.